The Morgan fingerprint density at radius 3 is 2.94 bits per heavy atom. The van der Waals surface area contributed by atoms with Crippen LogP contribution in [-0.2, 0) is 4.74 Å². The van der Waals surface area contributed by atoms with Gasteiger partial charge in [-0.05, 0) is 37.5 Å². The van der Waals surface area contributed by atoms with Gasteiger partial charge in [-0.2, -0.15) is 0 Å². The molecule has 0 saturated heterocycles. The van der Waals surface area contributed by atoms with Crippen LogP contribution in [-0.4, -0.2) is 30.3 Å². The van der Waals surface area contributed by atoms with Crippen molar-refractivity contribution in [3.8, 4) is 5.75 Å². The number of methoxy groups -OCH3 is 1. The average molecular weight is 314 g/mol. The van der Waals surface area contributed by atoms with Gasteiger partial charge in [-0.1, -0.05) is 15.9 Å². The molecule has 1 fully saturated rings. The van der Waals surface area contributed by atoms with Crippen LogP contribution in [0.4, 0.5) is 0 Å². The fraction of sp³-hybridized carbons (Fsp3) is 0.462. The first-order chi connectivity index (χ1) is 8.60. The van der Waals surface area contributed by atoms with Gasteiger partial charge in [0.05, 0.1) is 11.7 Å². The zero-order valence-corrected chi connectivity index (χ0v) is 11.7. The third-order valence-electron chi connectivity index (χ3n) is 3.26. The summed E-state index contributed by atoms with van der Waals surface area (Å²) in [6.45, 7) is 0. The Kier molecular flexibility index (Phi) is 4.24. The lowest BCUT2D eigenvalue weighted by Crippen LogP contribution is -2.33. The van der Waals surface area contributed by atoms with Crippen molar-refractivity contribution in [2.45, 2.75) is 31.4 Å². The quantitative estimate of drug-likeness (QED) is 0.901. The van der Waals surface area contributed by atoms with Crippen molar-refractivity contribution in [2.24, 2.45) is 0 Å². The van der Waals surface area contributed by atoms with Gasteiger partial charge in [0.25, 0.3) is 5.91 Å². The first-order valence-electron chi connectivity index (χ1n) is 5.92. The fourth-order valence-electron chi connectivity index (χ4n) is 2.24. The fourth-order valence-corrected chi connectivity index (χ4v) is 2.60. The largest absolute Gasteiger partial charge is 0.507 e. The number of nitrogens with one attached hydrogen (secondary N) is 1. The predicted molar refractivity (Wildman–Crippen MR) is 71.7 cm³/mol. The molecule has 0 heterocycles. The summed E-state index contributed by atoms with van der Waals surface area (Å²) in [5.41, 5.74) is 0.297. The molecule has 0 spiro atoms. The van der Waals surface area contributed by atoms with Gasteiger partial charge in [0.15, 0.2) is 0 Å². The maximum Gasteiger partial charge on any atom is 0.255 e. The molecule has 4 nitrogen and oxygen atoms in total. The molecule has 1 aromatic carbocycles. The number of phenols is 1. The maximum absolute atomic E-state index is 12.0. The minimum Gasteiger partial charge on any atom is -0.507 e. The highest BCUT2D eigenvalue weighted by Crippen LogP contribution is 2.24. The molecule has 1 saturated carbocycles. The topological polar surface area (TPSA) is 58.6 Å². The van der Waals surface area contributed by atoms with Crippen molar-refractivity contribution < 1.29 is 14.6 Å². The number of hydrogen-bond acceptors (Lipinski definition) is 3. The number of aromatic hydroxyl groups is 1. The lowest BCUT2D eigenvalue weighted by molar-refractivity contribution is 0.0912. The molecule has 1 aromatic rings. The summed E-state index contributed by atoms with van der Waals surface area (Å²) in [7, 11) is 1.69. The number of phenolic OH excluding ortho intramolecular Hbond substituents is 1. The third kappa shape index (κ3) is 3.03. The number of halogens is 1. The predicted octanol–water partition coefficient (Wildman–Crippen LogP) is 2.45. The van der Waals surface area contributed by atoms with E-state index in [1.165, 1.54) is 6.07 Å². The van der Waals surface area contributed by atoms with E-state index in [0.717, 1.165) is 23.7 Å². The second-order valence-corrected chi connectivity index (χ2v) is 5.42. The van der Waals surface area contributed by atoms with Crippen LogP contribution in [0.25, 0.3) is 0 Å². The normalized spacial score (nSPS) is 23.0. The summed E-state index contributed by atoms with van der Waals surface area (Å²) in [6, 6.07) is 4.95. The van der Waals surface area contributed by atoms with Gasteiger partial charge in [-0.3, -0.25) is 4.79 Å². The van der Waals surface area contributed by atoms with Crippen molar-refractivity contribution in [1.82, 2.24) is 5.32 Å². The number of carbonyl (C=O) groups is 1. The number of carbonyl (C=O) groups excluding carboxylic acids is 1. The van der Waals surface area contributed by atoms with Crippen molar-refractivity contribution in [2.75, 3.05) is 7.11 Å². The summed E-state index contributed by atoms with van der Waals surface area (Å²) in [5.74, 6) is -0.243. The Hall–Kier alpha value is -1.07. The third-order valence-corrected chi connectivity index (χ3v) is 3.75. The van der Waals surface area contributed by atoms with Gasteiger partial charge in [0.1, 0.15) is 5.75 Å². The molecule has 1 amide bonds. The number of hydrogen-bond donors (Lipinski definition) is 2. The van der Waals surface area contributed by atoms with Gasteiger partial charge >= 0.3 is 0 Å². The van der Waals surface area contributed by atoms with Crippen molar-refractivity contribution in [3.63, 3.8) is 0 Å². The molecule has 1 aliphatic rings. The van der Waals surface area contributed by atoms with Crippen LogP contribution in [0.5, 0.6) is 5.75 Å². The van der Waals surface area contributed by atoms with Gasteiger partial charge in [0.2, 0.25) is 0 Å². The van der Waals surface area contributed by atoms with E-state index in [9.17, 15) is 9.90 Å². The smallest absolute Gasteiger partial charge is 0.255 e. The number of amides is 1. The molecule has 5 heteroatoms. The van der Waals surface area contributed by atoms with Gasteiger partial charge in [-0.15, -0.1) is 0 Å². The van der Waals surface area contributed by atoms with E-state index in [0.29, 0.717) is 5.56 Å². The van der Waals surface area contributed by atoms with Crippen molar-refractivity contribution >= 4 is 21.8 Å². The Morgan fingerprint density at radius 1 is 1.50 bits per heavy atom. The second kappa shape index (κ2) is 5.71. The molecule has 1 aliphatic carbocycles. The monoisotopic (exact) mass is 313 g/mol. The first-order valence-corrected chi connectivity index (χ1v) is 6.71. The Bertz CT molecular complexity index is 450. The first kappa shape index (κ1) is 13.4. The van der Waals surface area contributed by atoms with Crippen LogP contribution in [0.1, 0.15) is 29.6 Å². The molecule has 18 heavy (non-hydrogen) atoms. The summed E-state index contributed by atoms with van der Waals surface area (Å²) in [5, 5.41) is 12.6. The van der Waals surface area contributed by atoms with Crippen LogP contribution in [0, 0.1) is 0 Å². The van der Waals surface area contributed by atoms with Gasteiger partial charge in [0, 0.05) is 17.6 Å². The Labute approximate surface area is 114 Å². The number of rotatable bonds is 3. The highest BCUT2D eigenvalue weighted by molar-refractivity contribution is 9.10. The van der Waals surface area contributed by atoms with Gasteiger partial charge < -0.3 is 15.2 Å². The minimum absolute atomic E-state index is 0.00279. The van der Waals surface area contributed by atoms with Crippen LogP contribution in [0.15, 0.2) is 22.7 Å². The zero-order chi connectivity index (χ0) is 13.1. The van der Waals surface area contributed by atoms with Crippen molar-refractivity contribution in [1.29, 1.82) is 0 Å². The van der Waals surface area contributed by atoms with Gasteiger partial charge in [-0.25, -0.2) is 0 Å². The highest BCUT2D eigenvalue weighted by Gasteiger charge is 2.26. The molecular formula is C13H16BrNO3. The lowest BCUT2D eigenvalue weighted by atomic mass is 10.1. The standard InChI is InChI=1S/C13H16BrNO3/c1-18-10-4-3-9(7-10)15-13(17)11-6-8(14)2-5-12(11)16/h2,5-6,9-10,16H,3-4,7H2,1H3,(H,15,17). The summed E-state index contributed by atoms with van der Waals surface area (Å²) >= 11 is 3.29. The zero-order valence-electron chi connectivity index (χ0n) is 10.1. The van der Waals surface area contributed by atoms with E-state index >= 15 is 0 Å². The maximum atomic E-state index is 12.0. The Balaban J connectivity index is 2.02. The lowest BCUT2D eigenvalue weighted by Gasteiger charge is -2.13. The second-order valence-electron chi connectivity index (χ2n) is 4.50. The minimum atomic E-state index is -0.240. The van der Waals surface area contributed by atoms with E-state index in [-0.39, 0.29) is 23.8 Å². The van der Waals surface area contributed by atoms with E-state index in [4.69, 9.17) is 4.74 Å². The molecule has 0 aliphatic heterocycles. The van der Waals surface area contributed by atoms with Crippen LogP contribution in [0.3, 0.4) is 0 Å². The summed E-state index contributed by atoms with van der Waals surface area (Å²) in [6.07, 6.45) is 2.94. The molecule has 0 radical (unpaired) electrons. The summed E-state index contributed by atoms with van der Waals surface area (Å²) < 4.78 is 6.03. The molecule has 2 rings (SSSR count). The molecule has 0 bridgehead atoms. The van der Waals surface area contributed by atoms with E-state index < -0.39 is 0 Å². The molecular weight excluding hydrogens is 298 g/mol. The highest BCUT2D eigenvalue weighted by atomic mass is 79.9. The molecule has 2 atom stereocenters. The SMILES string of the molecule is COC1CCC(NC(=O)c2cc(Br)ccc2O)C1. The number of benzene rings is 1. The van der Waals surface area contributed by atoms with E-state index in [1.54, 1.807) is 19.2 Å². The molecule has 0 aromatic heterocycles. The van der Waals surface area contributed by atoms with Crippen molar-refractivity contribution in [3.05, 3.63) is 28.2 Å². The molecule has 2 N–H and O–H groups in total. The number of ether oxygens (including phenoxy) is 1. The van der Waals surface area contributed by atoms with E-state index in [1.807, 2.05) is 0 Å². The van der Waals surface area contributed by atoms with Crippen LogP contribution in [0.2, 0.25) is 0 Å². The van der Waals surface area contributed by atoms with Crippen LogP contribution >= 0.6 is 15.9 Å². The van der Waals surface area contributed by atoms with Crippen LogP contribution < -0.4 is 5.32 Å². The molecule has 98 valence electrons. The van der Waals surface area contributed by atoms with E-state index in [2.05, 4.69) is 21.2 Å². The summed E-state index contributed by atoms with van der Waals surface area (Å²) in [4.78, 5) is 12.0. The average Bonchev–Trinajstić information content (AvgIpc) is 2.80. The molecule has 2 unspecified atom stereocenters. The Morgan fingerprint density at radius 2 is 2.28 bits per heavy atom.